The van der Waals surface area contributed by atoms with Crippen molar-refractivity contribution in [3.63, 3.8) is 0 Å². The smallest absolute Gasteiger partial charge is 0.269 e. The van der Waals surface area contributed by atoms with Gasteiger partial charge in [0.05, 0.1) is 22.2 Å². The van der Waals surface area contributed by atoms with E-state index in [9.17, 15) is 9.59 Å². The molecule has 7 heteroatoms. The number of halogens is 2. The third-order valence-corrected chi connectivity index (χ3v) is 4.15. The number of benzene rings is 1. The summed E-state index contributed by atoms with van der Waals surface area (Å²) in [6.45, 7) is 3.51. The van der Waals surface area contributed by atoms with E-state index in [1.807, 2.05) is 0 Å². The molecule has 2 aromatic rings. The van der Waals surface area contributed by atoms with Crippen LogP contribution in [0.3, 0.4) is 0 Å². The van der Waals surface area contributed by atoms with E-state index in [4.69, 9.17) is 23.2 Å². The summed E-state index contributed by atoms with van der Waals surface area (Å²) in [7, 11) is 1.56. The number of carbonyl (C=O) groups excluding carboxylic acids is 1. The average Bonchev–Trinajstić information content (AvgIpc) is 2.46. The maximum absolute atomic E-state index is 12.1. The van der Waals surface area contributed by atoms with Crippen LogP contribution in [-0.2, 0) is 18.3 Å². The summed E-state index contributed by atoms with van der Waals surface area (Å²) in [4.78, 5) is 23.9. The Morgan fingerprint density at radius 2 is 1.91 bits per heavy atom. The van der Waals surface area contributed by atoms with Gasteiger partial charge in [0.1, 0.15) is 0 Å². The van der Waals surface area contributed by atoms with Gasteiger partial charge in [0, 0.05) is 18.3 Å². The number of nitrogens with zero attached hydrogens (tertiary/aromatic N) is 2. The minimum atomic E-state index is -0.243. The number of carbonyl (C=O) groups is 1. The number of amides is 1. The van der Waals surface area contributed by atoms with Gasteiger partial charge in [-0.15, -0.1) is 0 Å². The molecule has 1 amide bonds. The number of aryl methyl sites for hydroxylation is 1. The first-order chi connectivity index (χ1) is 10.3. The Balaban J connectivity index is 2.19. The lowest BCUT2D eigenvalue weighted by molar-refractivity contribution is -0.115. The Labute approximate surface area is 137 Å². The second kappa shape index (κ2) is 6.50. The highest BCUT2D eigenvalue weighted by Gasteiger charge is 2.13. The van der Waals surface area contributed by atoms with Crippen LogP contribution in [0.15, 0.2) is 23.0 Å². The lowest BCUT2D eigenvalue weighted by Crippen LogP contribution is -2.27. The highest BCUT2D eigenvalue weighted by atomic mass is 35.5. The van der Waals surface area contributed by atoms with Gasteiger partial charge in [-0.1, -0.05) is 23.2 Å². The minimum absolute atomic E-state index is 0.0705. The third-order valence-electron chi connectivity index (χ3n) is 3.41. The molecule has 0 atom stereocenters. The lowest BCUT2D eigenvalue weighted by atomic mass is 10.1. The van der Waals surface area contributed by atoms with Crippen LogP contribution < -0.4 is 10.9 Å². The molecule has 1 N–H and O–H groups in total. The quantitative estimate of drug-likeness (QED) is 0.934. The molecule has 0 unspecified atom stereocenters. The minimum Gasteiger partial charge on any atom is -0.326 e. The summed E-state index contributed by atoms with van der Waals surface area (Å²) in [6, 6.07) is 4.85. The first-order valence-electron chi connectivity index (χ1n) is 6.58. The zero-order valence-electron chi connectivity index (χ0n) is 12.4. The Hall–Kier alpha value is -1.85. The molecule has 0 fully saturated rings. The molecule has 1 aromatic carbocycles. The van der Waals surface area contributed by atoms with Crippen LogP contribution in [0.4, 0.5) is 5.69 Å². The highest BCUT2D eigenvalue weighted by molar-refractivity contribution is 6.42. The Kier molecular flexibility index (Phi) is 4.88. The molecule has 116 valence electrons. The molecule has 1 aromatic heterocycles. The Morgan fingerprint density at radius 1 is 1.23 bits per heavy atom. The Bertz CT molecular complexity index is 800. The van der Waals surface area contributed by atoms with E-state index in [1.165, 1.54) is 4.68 Å². The van der Waals surface area contributed by atoms with E-state index in [2.05, 4.69) is 10.4 Å². The van der Waals surface area contributed by atoms with Crippen LogP contribution in [-0.4, -0.2) is 15.7 Å². The van der Waals surface area contributed by atoms with Gasteiger partial charge in [-0.2, -0.15) is 5.10 Å². The average molecular weight is 340 g/mol. The lowest BCUT2D eigenvalue weighted by Gasteiger charge is -2.10. The van der Waals surface area contributed by atoms with Crippen molar-refractivity contribution in [1.29, 1.82) is 0 Å². The zero-order chi connectivity index (χ0) is 16.4. The maximum atomic E-state index is 12.1. The first kappa shape index (κ1) is 16.5. The second-order valence-corrected chi connectivity index (χ2v) is 5.79. The standard InChI is InChI=1S/C15H15Cl2N3O2/c1-8-9(2)15(22)20(3)19-13(8)7-14(21)18-10-4-5-11(16)12(17)6-10/h4-6H,7H2,1-3H3,(H,18,21). The summed E-state index contributed by atoms with van der Waals surface area (Å²) in [5, 5.41) is 7.66. The largest absolute Gasteiger partial charge is 0.326 e. The molecule has 0 aliphatic carbocycles. The van der Waals surface area contributed by atoms with Gasteiger partial charge in [-0.05, 0) is 37.6 Å². The van der Waals surface area contributed by atoms with E-state index in [1.54, 1.807) is 39.1 Å². The summed E-state index contributed by atoms with van der Waals surface area (Å²) < 4.78 is 1.24. The van der Waals surface area contributed by atoms with Gasteiger partial charge in [-0.25, -0.2) is 4.68 Å². The summed E-state index contributed by atoms with van der Waals surface area (Å²) >= 11 is 11.7. The molecule has 0 bridgehead atoms. The SMILES string of the molecule is Cc1c(CC(=O)Nc2ccc(Cl)c(Cl)c2)nn(C)c(=O)c1C. The highest BCUT2D eigenvalue weighted by Crippen LogP contribution is 2.25. The van der Waals surface area contributed by atoms with Gasteiger partial charge in [0.25, 0.3) is 5.56 Å². The summed E-state index contributed by atoms with van der Waals surface area (Å²) in [5.74, 6) is -0.243. The fourth-order valence-electron chi connectivity index (χ4n) is 2.02. The predicted octanol–water partition coefficient (Wildman–Crippen LogP) is 2.89. The molecule has 5 nitrogen and oxygen atoms in total. The third kappa shape index (κ3) is 3.48. The number of hydrogen-bond donors (Lipinski definition) is 1. The van der Waals surface area contributed by atoms with Crippen molar-refractivity contribution < 1.29 is 4.79 Å². The van der Waals surface area contributed by atoms with E-state index in [0.717, 1.165) is 5.56 Å². The second-order valence-electron chi connectivity index (χ2n) is 4.98. The number of hydrogen-bond acceptors (Lipinski definition) is 3. The van der Waals surface area contributed by atoms with Crippen LogP contribution in [0, 0.1) is 13.8 Å². The first-order valence-corrected chi connectivity index (χ1v) is 7.33. The fourth-order valence-corrected chi connectivity index (χ4v) is 2.32. The van der Waals surface area contributed by atoms with Crippen LogP contribution in [0.5, 0.6) is 0 Å². The van der Waals surface area contributed by atoms with Crippen molar-refractivity contribution in [1.82, 2.24) is 9.78 Å². The van der Waals surface area contributed by atoms with Crippen LogP contribution in [0.2, 0.25) is 10.0 Å². The van der Waals surface area contributed by atoms with Crippen molar-refractivity contribution in [2.75, 3.05) is 5.32 Å². The molecule has 0 radical (unpaired) electrons. The van der Waals surface area contributed by atoms with Gasteiger partial charge < -0.3 is 5.32 Å². The predicted molar refractivity (Wildman–Crippen MR) is 87.7 cm³/mol. The summed E-state index contributed by atoms with van der Waals surface area (Å²) in [5.41, 5.74) is 2.28. The normalized spacial score (nSPS) is 10.6. The number of aromatic nitrogens is 2. The molecule has 0 saturated heterocycles. The van der Waals surface area contributed by atoms with Crippen molar-refractivity contribution >= 4 is 34.8 Å². The van der Waals surface area contributed by atoms with Gasteiger partial charge in [0.15, 0.2) is 0 Å². The van der Waals surface area contributed by atoms with E-state index in [-0.39, 0.29) is 17.9 Å². The number of nitrogens with one attached hydrogen (secondary N) is 1. The van der Waals surface area contributed by atoms with Crippen molar-refractivity contribution in [3.8, 4) is 0 Å². The number of anilines is 1. The Morgan fingerprint density at radius 3 is 2.55 bits per heavy atom. The van der Waals surface area contributed by atoms with Gasteiger partial charge in [-0.3, -0.25) is 9.59 Å². The van der Waals surface area contributed by atoms with Crippen molar-refractivity contribution in [2.24, 2.45) is 7.05 Å². The fraction of sp³-hybridized carbons (Fsp3) is 0.267. The zero-order valence-corrected chi connectivity index (χ0v) is 13.9. The molecule has 0 spiro atoms. The molecular formula is C15H15Cl2N3O2. The van der Waals surface area contributed by atoms with E-state index >= 15 is 0 Å². The number of rotatable bonds is 3. The van der Waals surface area contributed by atoms with Crippen LogP contribution in [0.1, 0.15) is 16.8 Å². The molecule has 0 saturated carbocycles. The molecule has 22 heavy (non-hydrogen) atoms. The summed E-state index contributed by atoms with van der Waals surface area (Å²) in [6.07, 6.45) is 0.0705. The molecule has 1 heterocycles. The van der Waals surface area contributed by atoms with Crippen molar-refractivity contribution in [2.45, 2.75) is 20.3 Å². The van der Waals surface area contributed by atoms with Crippen LogP contribution in [0.25, 0.3) is 0 Å². The molecular weight excluding hydrogens is 325 g/mol. The maximum Gasteiger partial charge on any atom is 0.269 e. The van der Waals surface area contributed by atoms with Crippen molar-refractivity contribution in [3.05, 3.63) is 55.4 Å². The topological polar surface area (TPSA) is 64.0 Å². The monoisotopic (exact) mass is 339 g/mol. The van der Waals surface area contributed by atoms with E-state index in [0.29, 0.717) is 27.0 Å². The van der Waals surface area contributed by atoms with Gasteiger partial charge in [0.2, 0.25) is 5.91 Å². The molecule has 0 aliphatic heterocycles. The molecule has 0 aliphatic rings. The van der Waals surface area contributed by atoms with Crippen LogP contribution >= 0.6 is 23.2 Å². The van der Waals surface area contributed by atoms with E-state index < -0.39 is 0 Å². The molecule has 2 rings (SSSR count). The van der Waals surface area contributed by atoms with Gasteiger partial charge >= 0.3 is 0 Å².